The summed E-state index contributed by atoms with van der Waals surface area (Å²) in [5, 5.41) is 8.24. The summed E-state index contributed by atoms with van der Waals surface area (Å²) >= 11 is 2.65. The van der Waals surface area contributed by atoms with Gasteiger partial charge < -0.3 is 9.84 Å². The Morgan fingerprint density at radius 1 is 1.30 bits per heavy atom. The Labute approximate surface area is 115 Å². The van der Waals surface area contributed by atoms with Crippen LogP contribution in [0.1, 0.15) is 21.6 Å². The number of hydrogen-bond donors (Lipinski definition) is 1. The molecule has 1 N–H and O–H groups in total. The molecule has 0 bridgehead atoms. The molecule has 0 amide bonds. The fourth-order valence-corrected chi connectivity index (χ4v) is 1.78. The third-order valence-corrected chi connectivity index (χ3v) is 2.50. The number of aromatic carboxylic acids is 1. The molecular formula is C9H4BrF6NO3. The van der Waals surface area contributed by atoms with Gasteiger partial charge in [-0.05, 0) is 0 Å². The molecule has 1 heterocycles. The molecule has 0 fully saturated rings. The highest BCUT2D eigenvalue weighted by molar-refractivity contribution is 9.08. The molecular weight excluding hydrogens is 364 g/mol. The number of halogens is 7. The van der Waals surface area contributed by atoms with E-state index < -0.39 is 46.4 Å². The highest BCUT2D eigenvalue weighted by Crippen LogP contribution is 2.39. The second kappa shape index (κ2) is 5.46. The van der Waals surface area contributed by atoms with E-state index in [1.165, 1.54) is 0 Å². The number of nitrogens with zero attached hydrogens (tertiary/aromatic N) is 1. The summed E-state index contributed by atoms with van der Waals surface area (Å²) in [4.78, 5) is 14.0. The second-order valence-electron chi connectivity index (χ2n) is 3.30. The van der Waals surface area contributed by atoms with Crippen LogP contribution in [0.25, 0.3) is 0 Å². The van der Waals surface area contributed by atoms with Crippen LogP contribution in [0.15, 0.2) is 6.20 Å². The molecule has 0 unspecified atom stereocenters. The Kier molecular flexibility index (Phi) is 4.52. The van der Waals surface area contributed by atoms with Gasteiger partial charge in [0.05, 0.1) is 17.5 Å². The highest BCUT2D eigenvalue weighted by atomic mass is 79.9. The second-order valence-corrected chi connectivity index (χ2v) is 3.86. The van der Waals surface area contributed by atoms with E-state index in [0.29, 0.717) is 0 Å². The third-order valence-electron chi connectivity index (χ3n) is 1.97. The van der Waals surface area contributed by atoms with Crippen LogP contribution in [0, 0.1) is 0 Å². The lowest BCUT2D eigenvalue weighted by Crippen LogP contribution is -2.23. The van der Waals surface area contributed by atoms with Crippen molar-refractivity contribution in [2.45, 2.75) is 17.9 Å². The quantitative estimate of drug-likeness (QED) is 0.655. The molecule has 0 aliphatic heterocycles. The molecule has 0 spiro atoms. The van der Waals surface area contributed by atoms with Gasteiger partial charge in [0.2, 0.25) is 0 Å². The number of carbonyl (C=O) groups is 1. The zero-order valence-electron chi connectivity index (χ0n) is 9.14. The third kappa shape index (κ3) is 3.74. The number of rotatable bonds is 3. The molecule has 4 nitrogen and oxygen atoms in total. The van der Waals surface area contributed by atoms with E-state index in [1.807, 2.05) is 0 Å². The van der Waals surface area contributed by atoms with Gasteiger partial charge in [-0.3, -0.25) is 4.98 Å². The Hall–Kier alpha value is -1.52. The number of alkyl halides is 7. The van der Waals surface area contributed by atoms with Crippen molar-refractivity contribution >= 4 is 21.9 Å². The van der Waals surface area contributed by atoms with E-state index in [9.17, 15) is 31.1 Å². The van der Waals surface area contributed by atoms with Crippen molar-refractivity contribution in [1.29, 1.82) is 0 Å². The first-order valence-corrected chi connectivity index (χ1v) is 5.73. The number of pyridine rings is 1. The predicted octanol–water partition coefficient (Wildman–Crippen LogP) is 3.59. The summed E-state index contributed by atoms with van der Waals surface area (Å²) in [5.41, 5.74) is -4.19. The molecule has 112 valence electrons. The van der Waals surface area contributed by atoms with E-state index >= 15 is 0 Å². The maximum atomic E-state index is 12.8. The minimum atomic E-state index is -5.34. The Balaban J connectivity index is 3.61. The van der Waals surface area contributed by atoms with E-state index in [4.69, 9.17) is 5.11 Å². The zero-order chi connectivity index (χ0) is 15.7. The summed E-state index contributed by atoms with van der Waals surface area (Å²) in [7, 11) is 0. The van der Waals surface area contributed by atoms with Gasteiger partial charge in [-0.15, -0.1) is 13.2 Å². The van der Waals surface area contributed by atoms with Gasteiger partial charge in [-0.2, -0.15) is 13.2 Å². The van der Waals surface area contributed by atoms with Crippen LogP contribution in [-0.2, 0) is 11.5 Å². The average Bonchev–Trinajstić information content (AvgIpc) is 2.24. The first kappa shape index (κ1) is 16.5. The Morgan fingerprint density at radius 2 is 1.85 bits per heavy atom. The monoisotopic (exact) mass is 367 g/mol. The molecule has 1 rings (SSSR count). The van der Waals surface area contributed by atoms with E-state index in [-0.39, 0.29) is 6.20 Å². The molecule has 0 aliphatic rings. The van der Waals surface area contributed by atoms with Gasteiger partial charge in [0, 0.05) is 5.33 Å². The van der Waals surface area contributed by atoms with Gasteiger partial charge in [-0.25, -0.2) is 4.79 Å². The summed E-state index contributed by atoms with van der Waals surface area (Å²) in [6.45, 7) is 0. The number of hydrogen-bond acceptors (Lipinski definition) is 3. The molecule has 11 heteroatoms. The first-order valence-electron chi connectivity index (χ1n) is 4.61. The summed E-state index contributed by atoms with van der Waals surface area (Å²) in [6.07, 6.45) is -10.3. The van der Waals surface area contributed by atoms with Crippen LogP contribution in [0.4, 0.5) is 26.3 Å². The normalized spacial score (nSPS) is 12.3. The molecule has 0 saturated heterocycles. The Bertz CT molecular complexity index is 528. The number of carboxylic acid groups (broad SMARTS) is 1. The summed E-state index contributed by atoms with van der Waals surface area (Å²) in [5.74, 6) is -3.73. The molecule has 1 aromatic heterocycles. The van der Waals surface area contributed by atoms with Crippen LogP contribution in [-0.4, -0.2) is 22.4 Å². The van der Waals surface area contributed by atoms with Crippen LogP contribution in [0.2, 0.25) is 0 Å². The van der Waals surface area contributed by atoms with E-state index in [0.717, 1.165) is 0 Å². The van der Waals surface area contributed by atoms with Crippen LogP contribution >= 0.6 is 15.9 Å². The molecule has 0 saturated carbocycles. The number of carboxylic acids is 1. The zero-order valence-corrected chi connectivity index (χ0v) is 10.7. The topological polar surface area (TPSA) is 59.4 Å². The van der Waals surface area contributed by atoms with Crippen molar-refractivity contribution in [2.75, 3.05) is 0 Å². The number of ether oxygens (including phenoxy) is 1. The van der Waals surface area contributed by atoms with Crippen molar-refractivity contribution < 1.29 is 41.0 Å². The van der Waals surface area contributed by atoms with Gasteiger partial charge in [0.1, 0.15) is 5.56 Å². The fraction of sp³-hybridized carbons (Fsp3) is 0.333. The highest BCUT2D eigenvalue weighted by Gasteiger charge is 2.42. The SMILES string of the molecule is O=C(O)c1c(OC(F)(F)F)cnc(CBr)c1C(F)(F)F. The van der Waals surface area contributed by atoms with E-state index in [2.05, 4.69) is 25.7 Å². The van der Waals surface area contributed by atoms with Gasteiger partial charge in [0.15, 0.2) is 5.75 Å². The van der Waals surface area contributed by atoms with Crippen LogP contribution in [0.5, 0.6) is 5.75 Å². The van der Waals surface area contributed by atoms with Crippen molar-refractivity contribution in [1.82, 2.24) is 4.98 Å². The lowest BCUT2D eigenvalue weighted by molar-refractivity contribution is -0.275. The first-order chi connectivity index (χ1) is 8.97. The number of aromatic nitrogens is 1. The summed E-state index contributed by atoms with van der Waals surface area (Å²) < 4.78 is 77.9. The van der Waals surface area contributed by atoms with Crippen molar-refractivity contribution in [3.05, 3.63) is 23.0 Å². The smallest absolute Gasteiger partial charge is 0.478 e. The van der Waals surface area contributed by atoms with Crippen LogP contribution in [0.3, 0.4) is 0 Å². The lowest BCUT2D eigenvalue weighted by Gasteiger charge is -2.17. The molecule has 0 radical (unpaired) electrons. The van der Waals surface area contributed by atoms with Crippen molar-refractivity contribution in [3.63, 3.8) is 0 Å². The van der Waals surface area contributed by atoms with Crippen molar-refractivity contribution in [3.8, 4) is 5.75 Å². The molecule has 20 heavy (non-hydrogen) atoms. The van der Waals surface area contributed by atoms with Gasteiger partial charge in [-0.1, -0.05) is 15.9 Å². The minimum absolute atomic E-state index is 0.281. The summed E-state index contributed by atoms with van der Waals surface area (Å²) in [6, 6.07) is 0. The Morgan fingerprint density at radius 3 is 2.20 bits per heavy atom. The molecule has 0 atom stereocenters. The maximum Gasteiger partial charge on any atom is 0.573 e. The van der Waals surface area contributed by atoms with Gasteiger partial charge >= 0.3 is 18.5 Å². The van der Waals surface area contributed by atoms with E-state index in [1.54, 1.807) is 0 Å². The van der Waals surface area contributed by atoms with Gasteiger partial charge in [0.25, 0.3) is 0 Å². The maximum absolute atomic E-state index is 12.8. The largest absolute Gasteiger partial charge is 0.573 e. The van der Waals surface area contributed by atoms with Crippen molar-refractivity contribution in [2.24, 2.45) is 0 Å². The molecule has 0 aliphatic carbocycles. The lowest BCUT2D eigenvalue weighted by atomic mass is 10.1. The minimum Gasteiger partial charge on any atom is -0.478 e. The van der Waals surface area contributed by atoms with Crippen LogP contribution < -0.4 is 4.74 Å². The standard InChI is InChI=1S/C9H4BrF6NO3/c10-1-3-6(8(11,12)13)5(7(18)19)4(2-17-3)20-9(14,15)16/h2H,1H2,(H,18,19). The molecule has 1 aromatic rings. The molecule has 0 aromatic carbocycles. The fourth-order valence-electron chi connectivity index (χ4n) is 1.35. The predicted molar refractivity (Wildman–Crippen MR) is 55.5 cm³/mol. The average molecular weight is 368 g/mol.